The number of H-pyrrole nitrogens is 1. The Hall–Kier alpha value is -1.36. The largest absolute Gasteiger partial charge is 0.334 e. The Morgan fingerprint density at radius 1 is 1.75 bits per heavy atom. The lowest BCUT2D eigenvalue weighted by Gasteiger charge is -2.39. The average molecular weight is 222 g/mol. The number of nitrogens with zero attached hydrogens (tertiary/aromatic N) is 2. The molecule has 88 valence electrons. The molecular weight excluding hydrogens is 204 g/mol. The first-order valence-electron chi connectivity index (χ1n) is 5.74. The molecule has 0 aromatic carbocycles. The smallest absolute Gasteiger partial charge is 0.257 e. The summed E-state index contributed by atoms with van der Waals surface area (Å²) in [5, 5.41) is 6.47. The quantitative estimate of drug-likeness (QED) is 0.769. The van der Waals surface area contributed by atoms with E-state index in [9.17, 15) is 4.79 Å². The van der Waals surface area contributed by atoms with Gasteiger partial charge in [-0.05, 0) is 18.8 Å². The van der Waals surface area contributed by atoms with Crippen molar-refractivity contribution in [2.75, 3.05) is 13.1 Å². The number of amides is 1. The van der Waals surface area contributed by atoms with Gasteiger partial charge < -0.3 is 10.6 Å². The summed E-state index contributed by atoms with van der Waals surface area (Å²) in [4.78, 5) is 14.1. The maximum atomic E-state index is 12.2. The van der Waals surface area contributed by atoms with Crippen LogP contribution in [0.2, 0.25) is 0 Å². The zero-order valence-corrected chi connectivity index (χ0v) is 9.52. The minimum atomic E-state index is 0.0377. The van der Waals surface area contributed by atoms with E-state index in [1.165, 1.54) is 0 Å². The van der Waals surface area contributed by atoms with Gasteiger partial charge in [0.25, 0.3) is 5.91 Å². The third-order valence-corrected chi connectivity index (χ3v) is 3.36. The molecule has 1 fully saturated rings. The Balaban J connectivity index is 2.15. The molecule has 16 heavy (non-hydrogen) atoms. The van der Waals surface area contributed by atoms with Gasteiger partial charge in [0.1, 0.15) is 0 Å². The Labute approximate surface area is 95.0 Å². The normalized spacial score (nSPS) is 25.8. The molecule has 0 bridgehead atoms. The van der Waals surface area contributed by atoms with E-state index in [-0.39, 0.29) is 11.9 Å². The van der Waals surface area contributed by atoms with E-state index in [1.807, 2.05) is 4.90 Å². The topological polar surface area (TPSA) is 75.0 Å². The van der Waals surface area contributed by atoms with Gasteiger partial charge in [0.05, 0.1) is 11.8 Å². The van der Waals surface area contributed by atoms with Crippen LogP contribution in [0.4, 0.5) is 0 Å². The molecule has 1 aliphatic heterocycles. The fourth-order valence-corrected chi connectivity index (χ4v) is 2.39. The number of aromatic amines is 1. The van der Waals surface area contributed by atoms with Crippen molar-refractivity contribution < 1.29 is 4.79 Å². The maximum Gasteiger partial charge on any atom is 0.257 e. The molecule has 1 aromatic heterocycles. The summed E-state index contributed by atoms with van der Waals surface area (Å²) in [6, 6.07) is 0.163. The highest BCUT2D eigenvalue weighted by molar-refractivity contribution is 5.94. The van der Waals surface area contributed by atoms with Crippen molar-refractivity contribution in [3.05, 3.63) is 18.0 Å². The van der Waals surface area contributed by atoms with Crippen molar-refractivity contribution in [1.82, 2.24) is 15.1 Å². The Morgan fingerprint density at radius 3 is 3.19 bits per heavy atom. The van der Waals surface area contributed by atoms with E-state index in [0.717, 1.165) is 19.4 Å². The fraction of sp³-hybridized carbons (Fsp3) is 0.636. The summed E-state index contributed by atoms with van der Waals surface area (Å²) in [5.41, 5.74) is 6.38. The number of hydrogen-bond donors (Lipinski definition) is 2. The summed E-state index contributed by atoms with van der Waals surface area (Å²) in [6.07, 6.45) is 5.41. The molecule has 2 atom stereocenters. The second-order valence-corrected chi connectivity index (χ2v) is 4.41. The molecule has 0 radical (unpaired) electrons. The van der Waals surface area contributed by atoms with Crippen LogP contribution in [-0.4, -0.2) is 40.1 Å². The van der Waals surface area contributed by atoms with Crippen molar-refractivity contribution in [1.29, 1.82) is 0 Å². The number of nitrogens with two attached hydrogens (primary N) is 1. The molecular formula is C11H18N4O. The maximum absolute atomic E-state index is 12.2. The predicted molar refractivity (Wildman–Crippen MR) is 60.9 cm³/mol. The molecule has 0 aliphatic carbocycles. The van der Waals surface area contributed by atoms with Gasteiger partial charge in [-0.15, -0.1) is 0 Å². The first-order valence-corrected chi connectivity index (χ1v) is 5.74. The minimum Gasteiger partial charge on any atom is -0.334 e. The van der Waals surface area contributed by atoms with Crippen LogP contribution >= 0.6 is 0 Å². The lowest BCUT2D eigenvalue weighted by molar-refractivity contribution is 0.0532. The number of carbonyl (C=O) groups is 1. The molecule has 3 N–H and O–H groups in total. The van der Waals surface area contributed by atoms with Gasteiger partial charge in [-0.1, -0.05) is 6.92 Å². The van der Waals surface area contributed by atoms with Crippen LogP contribution < -0.4 is 5.73 Å². The number of rotatable bonds is 2. The second-order valence-electron chi connectivity index (χ2n) is 4.41. The third kappa shape index (κ3) is 1.95. The van der Waals surface area contributed by atoms with E-state index in [2.05, 4.69) is 17.1 Å². The van der Waals surface area contributed by atoms with Gasteiger partial charge >= 0.3 is 0 Å². The average Bonchev–Trinajstić information content (AvgIpc) is 2.81. The molecule has 2 rings (SSSR count). The van der Waals surface area contributed by atoms with Crippen molar-refractivity contribution in [3.8, 4) is 0 Å². The van der Waals surface area contributed by atoms with Gasteiger partial charge in [-0.2, -0.15) is 5.10 Å². The van der Waals surface area contributed by atoms with Crippen molar-refractivity contribution in [2.24, 2.45) is 11.7 Å². The molecule has 2 heterocycles. The first kappa shape index (κ1) is 11.1. The summed E-state index contributed by atoms with van der Waals surface area (Å²) in [7, 11) is 0. The number of aromatic nitrogens is 2. The molecule has 1 aromatic rings. The minimum absolute atomic E-state index is 0.0377. The molecule has 2 unspecified atom stereocenters. The number of carbonyl (C=O) groups excluding carboxylic acids is 1. The summed E-state index contributed by atoms with van der Waals surface area (Å²) < 4.78 is 0. The zero-order valence-electron chi connectivity index (χ0n) is 9.52. The van der Waals surface area contributed by atoms with Crippen LogP contribution in [0.15, 0.2) is 12.4 Å². The summed E-state index contributed by atoms with van der Waals surface area (Å²) >= 11 is 0. The first-order chi connectivity index (χ1) is 7.74. The Bertz CT molecular complexity index is 349. The van der Waals surface area contributed by atoms with Gasteiger partial charge in [0.2, 0.25) is 0 Å². The second kappa shape index (κ2) is 4.65. The van der Waals surface area contributed by atoms with E-state index in [1.54, 1.807) is 12.4 Å². The molecule has 5 heteroatoms. The molecule has 1 saturated heterocycles. The monoisotopic (exact) mass is 222 g/mol. The Morgan fingerprint density at radius 2 is 2.56 bits per heavy atom. The molecule has 0 spiro atoms. The predicted octanol–water partition coefficient (Wildman–Crippen LogP) is 0.609. The van der Waals surface area contributed by atoms with Crippen LogP contribution in [0.1, 0.15) is 30.1 Å². The number of nitrogens with one attached hydrogen (secondary N) is 1. The van der Waals surface area contributed by atoms with Crippen LogP contribution in [-0.2, 0) is 0 Å². The lowest BCUT2D eigenvalue weighted by Crippen LogP contribution is -2.51. The number of piperidine rings is 1. The third-order valence-electron chi connectivity index (χ3n) is 3.36. The van der Waals surface area contributed by atoms with Crippen LogP contribution in [0.25, 0.3) is 0 Å². The summed E-state index contributed by atoms with van der Waals surface area (Å²) in [6.45, 7) is 3.49. The van der Waals surface area contributed by atoms with E-state index >= 15 is 0 Å². The highest BCUT2D eigenvalue weighted by Gasteiger charge is 2.31. The zero-order chi connectivity index (χ0) is 11.5. The van der Waals surface area contributed by atoms with Crippen molar-refractivity contribution in [2.45, 2.75) is 25.8 Å². The van der Waals surface area contributed by atoms with Crippen LogP contribution in [0.3, 0.4) is 0 Å². The highest BCUT2D eigenvalue weighted by Crippen LogP contribution is 2.23. The highest BCUT2D eigenvalue weighted by atomic mass is 16.2. The van der Waals surface area contributed by atoms with Crippen molar-refractivity contribution >= 4 is 5.91 Å². The van der Waals surface area contributed by atoms with Gasteiger partial charge in [0.15, 0.2) is 0 Å². The van der Waals surface area contributed by atoms with Gasteiger partial charge in [0, 0.05) is 25.3 Å². The molecule has 0 saturated carbocycles. The van der Waals surface area contributed by atoms with E-state index in [4.69, 9.17) is 5.73 Å². The Kier molecular flexibility index (Phi) is 3.24. The van der Waals surface area contributed by atoms with E-state index in [0.29, 0.717) is 18.0 Å². The van der Waals surface area contributed by atoms with Crippen LogP contribution in [0.5, 0.6) is 0 Å². The van der Waals surface area contributed by atoms with Crippen molar-refractivity contribution in [3.63, 3.8) is 0 Å². The molecule has 1 amide bonds. The van der Waals surface area contributed by atoms with Gasteiger partial charge in [-0.3, -0.25) is 9.89 Å². The summed E-state index contributed by atoms with van der Waals surface area (Å²) in [5.74, 6) is 0.519. The lowest BCUT2D eigenvalue weighted by atomic mass is 9.90. The number of hydrogen-bond acceptors (Lipinski definition) is 3. The van der Waals surface area contributed by atoms with Crippen LogP contribution in [0, 0.1) is 5.92 Å². The molecule has 1 aliphatic rings. The van der Waals surface area contributed by atoms with Gasteiger partial charge in [-0.25, -0.2) is 0 Å². The number of likely N-dealkylation sites (tertiary alicyclic amines) is 1. The molecule has 5 nitrogen and oxygen atoms in total. The fourth-order valence-electron chi connectivity index (χ4n) is 2.39. The van der Waals surface area contributed by atoms with E-state index < -0.39 is 0 Å². The SMILES string of the molecule is CC1CCCN(C(=O)c2cn[nH]c2)C1CN. The standard InChI is InChI=1S/C11H18N4O/c1-8-3-2-4-15(10(8)5-12)11(16)9-6-13-14-7-9/h6-8,10H,2-5,12H2,1H3,(H,13,14).